The Bertz CT molecular complexity index is 865. The molecule has 0 unspecified atom stereocenters. The second-order valence-electron chi connectivity index (χ2n) is 5.62. The second kappa shape index (κ2) is 7.66. The molecule has 0 radical (unpaired) electrons. The maximum absolute atomic E-state index is 5.79. The SMILES string of the molecule is COCCn1c(SCc2nc(N)nc(N(C)C)n2)nc2ccccc21. The first kappa shape index (κ1) is 17.4. The molecule has 2 N–H and O–H groups in total. The maximum atomic E-state index is 5.79. The zero-order valence-corrected chi connectivity index (χ0v) is 15.3. The Kier molecular flexibility index (Phi) is 5.34. The van der Waals surface area contributed by atoms with Gasteiger partial charge in [0.1, 0.15) is 5.82 Å². The van der Waals surface area contributed by atoms with E-state index in [1.807, 2.05) is 32.3 Å². The number of anilines is 2. The number of fused-ring (bicyclic) bond motifs is 1. The number of para-hydroxylation sites is 2. The lowest BCUT2D eigenvalue weighted by Crippen LogP contribution is -2.16. The van der Waals surface area contributed by atoms with E-state index in [0.717, 1.165) is 22.7 Å². The van der Waals surface area contributed by atoms with Crippen molar-refractivity contribution in [3.63, 3.8) is 0 Å². The smallest absolute Gasteiger partial charge is 0.229 e. The van der Waals surface area contributed by atoms with E-state index in [4.69, 9.17) is 15.5 Å². The van der Waals surface area contributed by atoms with Crippen molar-refractivity contribution in [2.75, 3.05) is 38.4 Å². The van der Waals surface area contributed by atoms with Gasteiger partial charge in [-0.05, 0) is 12.1 Å². The minimum absolute atomic E-state index is 0.224. The van der Waals surface area contributed by atoms with Crippen molar-refractivity contribution in [1.82, 2.24) is 24.5 Å². The molecule has 0 atom stereocenters. The fourth-order valence-corrected chi connectivity index (χ4v) is 3.28. The Labute approximate surface area is 150 Å². The topological polar surface area (TPSA) is 95.0 Å². The van der Waals surface area contributed by atoms with Crippen LogP contribution in [0.1, 0.15) is 5.82 Å². The summed E-state index contributed by atoms with van der Waals surface area (Å²) >= 11 is 1.57. The van der Waals surface area contributed by atoms with Gasteiger partial charge in [0.15, 0.2) is 5.16 Å². The molecule has 0 spiro atoms. The quantitative estimate of drug-likeness (QED) is 0.638. The van der Waals surface area contributed by atoms with Crippen LogP contribution in [0.15, 0.2) is 29.4 Å². The number of benzene rings is 1. The first-order valence-corrected chi connectivity index (χ1v) is 8.82. The molecule has 2 aromatic heterocycles. The average Bonchev–Trinajstić information content (AvgIpc) is 2.95. The molecule has 3 rings (SSSR count). The number of imidazole rings is 1. The lowest BCUT2D eigenvalue weighted by Gasteiger charge is -2.11. The molecule has 0 fully saturated rings. The van der Waals surface area contributed by atoms with Crippen LogP contribution in [0, 0.1) is 0 Å². The molecule has 0 aliphatic heterocycles. The predicted octanol–water partition coefficient (Wildman–Crippen LogP) is 1.81. The van der Waals surface area contributed by atoms with E-state index in [-0.39, 0.29) is 5.95 Å². The average molecular weight is 359 g/mol. The number of rotatable bonds is 7. The third-order valence-corrected chi connectivity index (χ3v) is 4.53. The van der Waals surface area contributed by atoms with Crippen molar-refractivity contribution in [1.29, 1.82) is 0 Å². The number of aromatic nitrogens is 5. The first-order valence-electron chi connectivity index (χ1n) is 7.83. The fraction of sp³-hybridized carbons (Fsp3) is 0.375. The lowest BCUT2D eigenvalue weighted by atomic mass is 10.3. The summed E-state index contributed by atoms with van der Waals surface area (Å²) in [5, 5.41) is 0.906. The minimum atomic E-state index is 0.224. The van der Waals surface area contributed by atoms with Crippen molar-refractivity contribution in [2.24, 2.45) is 0 Å². The van der Waals surface area contributed by atoms with Crippen LogP contribution >= 0.6 is 11.8 Å². The molecule has 0 amide bonds. The summed E-state index contributed by atoms with van der Waals surface area (Å²) in [6.45, 7) is 1.36. The fourth-order valence-electron chi connectivity index (χ4n) is 2.38. The molecule has 25 heavy (non-hydrogen) atoms. The summed E-state index contributed by atoms with van der Waals surface area (Å²) in [4.78, 5) is 19.3. The van der Waals surface area contributed by atoms with Crippen LogP contribution in [0.5, 0.6) is 0 Å². The van der Waals surface area contributed by atoms with Gasteiger partial charge in [-0.1, -0.05) is 23.9 Å². The van der Waals surface area contributed by atoms with E-state index in [2.05, 4.69) is 25.6 Å². The Morgan fingerprint density at radius 1 is 1.16 bits per heavy atom. The summed E-state index contributed by atoms with van der Waals surface area (Å²) in [6, 6.07) is 8.07. The van der Waals surface area contributed by atoms with Gasteiger partial charge in [0.2, 0.25) is 11.9 Å². The number of methoxy groups -OCH3 is 1. The highest BCUT2D eigenvalue weighted by Gasteiger charge is 2.13. The van der Waals surface area contributed by atoms with E-state index in [9.17, 15) is 0 Å². The molecule has 3 aromatic rings. The van der Waals surface area contributed by atoms with E-state index in [0.29, 0.717) is 24.1 Å². The van der Waals surface area contributed by atoms with Gasteiger partial charge >= 0.3 is 0 Å². The molecule has 0 saturated carbocycles. The number of hydrogen-bond acceptors (Lipinski definition) is 8. The van der Waals surface area contributed by atoms with Crippen LogP contribution in [0.25, 0.3) is 11.0 Å². The van der Waals surface area contributed by atoms with Gasteiger partial charge in [-0.3, -0.25) is 0 Å². The second-order valence-corrected chi connectivity index (χ2v) is 6.56. The van der Waals surface area contributed by atoms with Crippen molar-refractivity contribution in [3.05, 3.63) is 30.1 Å². The number of nitrogens with zero attached hydrogens (tertiary/aromatic N) is 6. The highest BCUT2D eigenvalue weighted by Crippen LogP contribution is 2.26. The predicted molar refractivity (Wildman–Crippen MR) is 99.7 cm³/mol. The number of hydrogen-bond donors (Lipinski definition) is 1. The van der Waals surface area contributed by atoms with Crippen molar-refractivity contribution >= 4 is 34.7 Å². The van der Waals surface area contributed by atoms with Gasteiger partial charge in [-0.15, -0.1) is 0 Å². The third kappa shape index (κ3) is 3.99. The van der Waals surface area contributed by atoms with E-state index >= 15 is 0 Å². The van der Waals surface area contributed by atoms with Crippen LogP contribution in [0.2, 0.25) is 0 Å². The van der Waals surface area contributed by atoms with Crippen molar-refractivity contribution in [3.8, 4) is 0 Å². The van der Waals surface area contributed by atoms with Gasteiger partial charge in [0, 0.05) is 27.7 Å². The molecular weight excluding hydrogens is 338 g/mol. The van der Waals surface area contributed by atoms with Crippen LogP contribution in [0.4, 0.5) is 11.9 Å². The number of nitrogen functional groups attached to an aromatic ring is 1. The van der Waals surface area contributed by atoms with Gasteiger partial charge in [0.05, 0.1) is 23.4 Å². The summed E-state index contributed by atoms with van der Waals surface area (Å²) in [5.74, 6) is 1.97. The number of ether oxygens (including phenoxy) is 1. The standard InChI is InChI=1S/C16H21N7OS/c1-22(2)15-20-13(19-14(17)21-15)10-25-16-18-11-6-4-5-7-12(11)23(16)8-9-24-3/h4-7H,8-10H2,1-3H3,(H2,17,19,20,21). The molecule has 2 heterocycles. The lowest BCUT2D eigenvalue weighted by molar-refractivity contribution is 0.186. The monoisotopic (exact) mass is 359 g/mol. The highest BCUT2D eigenvalue weighted by atomic mass is 32.2. The molecule has 0 saturated heterocycles. The minimum Gasteiger partial charge on any atom is -0.383 e. The largest absolute Gasteiger partial charge is 0.383 e. The van der Waals surface area contributed by atoms with Crippen molar-refractivity contribution < 1.29 is 4.74 Å². The number of nitrogens with two attached hydrogens (primary N) is 1. The summed E-state index contributed by atoms with van der Waals surface area (Å²) in [6.07, 6.45) is 0. The number of thioether (sulfide) groups is 1. The zero-order chi connectivity index (χ0) is 17.8. The molecule has 8 nitrogen and oxygen atoms in total. The molecule has 0 bridgehead atoms. The summed E-state index contributed by atoms with van der Waals surface area (Å²) < 4.78 is 7.38. The maximum Gasteiger partial charge on any atom is 0.229 e. The van der Waals surface area contributed by atoms with Crippen LogP contribution in [-0.4, -0.2) is 52.3 Å². The van der Waals surface area contributed by atoms with Crippen LogP contribution in [0.3, 0.4) is 0 Å². The third-order valence-electron chi connectivity index (χ3n) is 3.56. The van der Waals surface area contributed by atoms with Gasteiger partial charge in [0.25, 0.3) is 0 Å². The molecule has 1 aromatic carbocycles. The van der Waals surface area contributed by atoms with E-state index < -0.39 is 0 Å². The van der Waals surface area contributed by atoms with Crippen LogP contribution < -0.4 is 10.6 Å². The molecule has 132 valence electrons. The van der Waals surface area contributed by atoms with Gasteiger partial charge in [-0.25, -0.2) is 4.98 Å². The van der Waals surface area contributed by atoms with Crippen LogP contribution in [-0.2, 0) is 17.0 Å². The van der Waals surface area contributed by atoms with Gasteiger partial charge in [-0.2, -0.15) is 15.0 Å². The Balaban J connectivity index is 1.85. The Morgan fingerprint density at radius 3 is 2.72 bits per heavy atom. The molecule has 9 heteroatoms. The normalized spacial score (nSPS) is 11.2. The molecular formula is C16H21N7OS. The summed E-state index contributed by atoms with van der Waals surface area (Å²) in [7, 11) is 5.44. The Hall–Kier alpha value is -2.39. The molecule has 0 aliphatic rings. The van der Waals surface area contributed by atoms with Gasteiger partial charge < -0.3 is 19.9 Å². The summed E-state index contributed by atoms with van der Waals surface area (Å²) in [5.41, 5.74) is 7.84. The molecule has 0 aliphatic carbocycles. The van der Waals surface area contributed by atoms with E-state index in [1.54, 1.807) is 23.8 Å². The first-order chi connectivity index (χ1) is 12.1. The van der Waals surface area contributed by atoms with E-state index in [1.165, 1.54) is 0 Å². The highest BCUT2D eigenvalue weighted by molar-refractivity contribution is 7.98. The zero-order valence-electron chi connectivity index (χ0n) is 14.5. The Morgan fingerprint density at radius 2 is 1.96 bits per heavy atom. The van der Waals surface area contributed by atoms with Crippen molar-refractivity contribution in [2.45, 2.75) is 17.5 Å².